The first kappa shape index (κ1) is 9.10. The number of anilines is 1. The van der Waals surface area contributed by atoms with Gasteiger partial charge in [0.05, 0.1) is 0 Å². The Bertz CT molecular complexity index is 297. The zero-order valence-corrected chi connectivity index (χ0v) is 7.38. The van der Waals surface area contributed by atoms with E-state index in [9.17, 15) is 0 Å². The van der Waals surface area contributed by atoms with Gasteiger partial charge in [-0.15, -0.1) is 6.58 Å². The number of nitrogen functional groups attached to an aromatic ring is 1. The van der Waals surface area contributed by atoms with Crippen molar-refractivity contribution in [2.45, 2.75) is 6.04 Å². The van der Waals surface area contributed by atoms with Crippen molar-refractivity contribution >= 4 is 17.3 Å². The van der Waals surface area contributed by atoms with Gasteiger partial charge in [-0.05, 0) is 17.7 Å². The van der Waals surface area contributed by atoms with Gasteiger partial charge in [-0.2, -0.15) is 0 Å². The maximum Gasteiger partial charge on any atom is 0.0493 e. The zero-order valence-electron chi connectivity index (χ0n) is 6.63. The second-order valence-corrected chi connectivity index (χ2v) is 2.95. The number of hydrogen-bond donors (Lipinski definition) is 2. The summed E-state index contributed by atoms with van der Waals surface area (Å²) in [6.07, 6.45) is 1.64. The van der Waals surface area contributed by atoms with Gasteiger partial charge < -0.3 is 11.5 Å². The number of rotatable bonds is 2. The Morgan fingerprint density at radius 1 is 1.50 bits per heavy atom. The lowest BCUT2D eigenvalue weighted by Gasteiger charge is -2.08. The molecule has 0 saturated carbocycles. The van der Waals surface area contributed by atoms with Crippen molar-refractivity contribution in [3.63, 3.8) is 0 Å². The molecule has 0 aromatic heterocycles. The van der Waals surface area contributed by atoms with E-state index in [1.807, 2.05) is 6.07 Å². The third-order valence-electron chi connectivity index (χ3n) is 1.64. The van der Waals surface area contributed by atoms with Crippen molar-refractivity contribution in [1.29, 1.82) is 0 Å². The maximum absolute atomic E-state index is 5.90. The Hall–Kier alpha value is -0.990. The molecule has 1 aromatic carbocycles. The largest absolute Gasteiger partial charge is 0.399 e. The number of nitrogens with two attached hydrogens (primary N) is 2. The van der Waals surface area contributed by atoms with Crippen LogP contribution < -0.4 is 11.5 Å². The van der Waals surface area contributed by atoms with Gasteiger partial charge in [0, 0.05) is 16.8 Å². The van der Waals surface area contributed by atoms with Crippen molar-refractivity contribution < 1.29 is 0 Å². The summed E-state index contributed by atoms with van der Waals surface area (Å²) in [6.45, 7) is 3.59. The minimum Gasteiger partial charge on any atom is -0.399 e. The Morgan fingerprint density at radius 2 is 2.17 bits per heavy atom. The second kappa shape index (κ2) is 3.61. The highest BCUT2D eigenvalue weighted by molar-refractivity contribution is 6.31. The van der Waals surface area contributed by atoms with Gasteiger partial charge in [0.25, 0.3) is 0 Å². The van der Waals surface area contributed by atoms with Crippen molar-refractivity contribution in [1.82, 2.24) is 0 Å². The highest BCUT2D eigenvalue weighted by Gasteiger charge is 2.05. The van der Waals surface area contributed by atoms with Gasteiger partial charge in [-0.3, -0.25) is 0 Å². The SMILES string of the molecule is C=C[C@@H](N)c1ccc(N)cc1Cl. The van der Waals surface area contributed by atoms with E-state index in [1.54, 1.807) is 18.2 Å². The summed E-state index contributed by atoms with van der Waals surface area (Å²) in [5, 5.41) is 0.586. The molecule has 0 aliphatic carbocycles. The molecule has 1 aromatic rings. The van der Waals surface area contributed by atoms with Gasteiger partial charge in [-0.1, -0.05) is 23.7 Å². The summed E-state index contributed by atoms with van der Waals surface area (Å²) < 4.78 is 0. The summed E-state index contributed by atoms with van der Waals surface area (Å²) in [5.74, 6) is 0. The van der Waals surface area contributed by atoms with Crippen molar-refractivity contribution in [3.8, 4) is 0 Å². The van der Waals surface area contributed by atoms with Crippen molar-refractivity contribution in [2.75, 3.05) is 5.73 Å². The molecule has 0 bridgehead atoms. The quantitative estimate of drug-likeness (QED) is 0.544. The van der Waals surface area contributed by atoms with Gasteiger partial charge >= 0.3 is 0 Å². The monoisotopic (exact) mass is 182 g/mol. The molecule has 0 aliphatic heterocycles. The molecule has 4 N–H and O–H groups in total. The maximum atomic E-state index is 5.90. The molecule has 12 heavy (non-hydrogen) atoms. The average Bonchev–Trinajstić information content (AvgIpc) is 2.03. The van der Waals surface area contributed by atoms with Crippen LogP contribution >= 0.6 is 11.6 Å². The Balaban J connectivity index is 3.09. The van der Waals surface area contributed by atoms with E-state index in [4.69, 9.17) is 23.1 Å². The van der Waals surface area contributed by atoms with Gasteiger partial charge in [0.15, 0.2) is 0 Å². The third kappa shape index (κ3) is 1.78. The first-order chi connectivity index (χ1) is 5.65. The molecular weight excluding hydrogens is 172 g/mol. The van der Waals surface area contributed by atoms with E-state index in [-0.39, 0.29) is 6.04 Å². The molecule has 0 radical (unpaired) electrons. The zero-order chi connectivity index (χ0) is 9.14. The summed E-state index contributed by atoms with van der Waals surface area (Å²) in [4.78, 5) is 0. The van der Waals surface area contributed by atoms with E-state index >= 15 is 0 Å². The smallest absolute Gasteiger partial charge is 0.0493 e. The topological polar surface area (TPSA) is 52.0 Å². The first-order valence-electron chi connectivity index (χ1n) is 3.58. The van der Waals surface area contributed by atoms with Gasteiger partial charge in [0.2, 0.25) is 0 Å². The minimum atomic E-state index is -0.224. The minimum absolute atomic E-state index is 0.224. The van der Waals surface area contributed by atoms with Crippen LogP contribution in [0.25, 0.3) is 0 Å². The van der Waals surface area contributed by atoms with Crippen LogP contribution in [0.1, 0.15) is 11.6 Å². The number of halogens is 1. The van der Waals surface area contributed by atoms with Crippen LogP contribution in [0, 0.1) is 0 Å². The van der Waals surface area contributed by atoms with Crippen LogP contribution in [-0.4, -0.2) is 0 Å². The summed E-state index contributed by atoms with van der Waals surface area (Å²) in [6, 6.07) is 5.03. The fourth-order valence-corrected chi connectivity index (χ4v) is 1.26. The van der Waals surface area contributed by atoms with Crippen molar-refractivity contribution in [3.05, 3.63) is 41.4 Å². The van der Waals surface area contributed by atoms with Gasteiger partial charge in [-0.25, -0.2) is 0 Å². The first-order valence-corrected chi connectivity index (χ1v) is 3.96. The van der Waals surface area contributed by atoms with E-state index in [0.717, 1.165) is 5.56 Å². The molecule has 3 heteroatoms. The normalized spacial score (nSPS) is 12.5. The third-order valence-corrected chi connectivity index (χ3v) is 1.96. The summed E-state index contributed by atoms with van der Waals surface area (Å²) in [7, 11) is 0. The predicted octanol–water partition coefficient (Wildman–Crippen LogP) is 2.11. The Labute approximate surface area is 76.8 Å². The molecule has 0 amide bonds. The number of benzene rings is 1. The molecule has 1 rings (SSSR count). The lowest BCUT2D eigenvalue weighted by molar-refractivity contribution is 0.915. The Morgan fingerprint density at radius 3 is 2.67 bits per heavy atom. The standard InChI is InChI=1S/C9H11ClN2/c1-2-9(12)7-4-3-6(11)5-8(7)10/h2-5,9H,1,11-12H2/t9-/m1/s1. The lowest BCUT2D eigenvalue weighted by Crippen LogP contribution is -2.07. The fraction of sp³-hybridized carbons (Fsp3) is 0.111. The molecular formula is C9H11ClN2. The second-order valence-electron chi connectivity index (χ2n) is 2.54. The number of hydrogen-bond acceptors (Lipinski definition) is 2. The van der Waals surface area contributed by atoms with Crippen molar-refractivity contribution in [2.24, 2.45) is 5.73 Å². The fourth-order valence-electron chi connectivity index (χ4n) is 0.941. The molecule has 2 nitrogen and oxygen atoms in total. The molecule has 0 heterocycles. The van der Waals surface area contributed by atoms with Gasteiger partial charge in [0.1, 0.15) is 0 Å². The molecule has 0 unspecified atom stereocenters. The van der Waals surface area contributed by atoms with Crippen LogP contribution in [0.3, 0.4) is 0 Å². The highest BCUT2D eigenvalue weighted by Crippen LogP contribution is 2.24. The lowest BCUT2D eigenvalue weighted by atomic mass is 10.1. The van der Waals surface area contributed by atoms with Crippen LogP contribution in [-0.2, 0) is 0 Å². The van der Waals surface area contributed by atoms with E-state index in [2.05, 4.69) is 6.58 Å². The molecule has 1 atom stereocenters. The summed E-state index contributed by atoms with van der Waals surface area (Å²) in [5.41, 5.74) is 12.7. The molecule has 0 fully saturated rings. The average molecular weight is 183 g/mol. The van der Waals surface area contributed by atoms with Crippen LogP contribution in [0.4, 0.5) is 5.69 Å². The molecule has 0 spiro atoms. The highest BCUT2D eigenvalue weighted by atomic mass is 35.5. The molecule has 64 valence electrons. The van der Waals surface area contributed by atoms with Crippen LogP contribution in [0.15, 0.2) is 30.9 Å². The molecule has 0 saturated heterocycles. The molecule has 0 aliphatic rings. The van der Waals surface area contributed by atoms with E-state index < -0.39 is 0 Å². The van der Waals surface area contributed by atoms with Crippen LogP contribution in [0.2, 0.25) is 5.02 Å². The van der Waals surface area contributed by atoms with Crippen LogP contribution in [0.5, 0.6) is 0 Å². The predicted molar refractivity (Wildman–Crippen MR) is 53.0 cm³/mol. The Kier molecular flexibility index (Phi) is 2.74. The van der Waals surface area contributed by atoms with E-state index in [1.165, 1.54) is 0 Å². The summed E-state index contributed by atoms with van der Waals surface area (Å²) >= 11 is 5.90. The van der Waals surface area contributed by atoms with E-state index in [0.29, 0.717) is 10.7 Å².